The van der Waals surface area contributed by atoms with Crippen LogP contribution in [-0.4, -0.2) is 0 Å². The van der Waals surface area contributed by atoms with Crippen molar-refractivity contribution < 1.29 is 0 Å². The minimum Gasteiger partial charge on any atom is -0.0683 e. The van der Waals surface area contributed by atoms with Crippen LogP contribution in [0.15, 0.2) is 97.1 Å². The van der Waals surface area contributed by atoms with Crippen molar-refractivity contribution in [1.29, 1.82) is 0 Å². The van der Waals surface area contributed by atoms with Gasteiger partial charge in [-0.15, -0.1) is 0 Å². The Morgan fingerprint density at radius 2 is 1.00 bits per heavy atom. The van der Waals surface area contributed by atoms with E-state index >= 15 is 0 Å². The summed E-state index contributed by atoms with van der Waals surface area (Å²) in [5, 5.41) is 10.7. The van der Waals surface area contributed by atoms with Crippen LogP contribution in [0.4, 0.5) is 0 Å². The molecule has 0 fully saturated rings. The van der Waals surface area contributed by atoms with E-state index in [2.05, 4.69) is 125 Å². The first-order chi connectivity index (χ1) is 18.5. The second kappa shape index (κ2) is 11.4. The van der Waals surface area contributed by atoms with E-state index in [1.165, 1.54) is 71.8 Å². The second-order valence-electron chi connectivity index (χ2n) is 10.1. The lowest BCUT2D eigenvalue weighted by atomic mass is 9.79. The molecule has 0 spiro atoms. The Morgan fingerprint density at radius 1 is 0.500 bits per heavy atom. The van der Waals surface area contributed by atoms with Gasteiger partial charge < -0.3 is 0 Å². The highest BCUT2D eigenvalue weighted by Crippen LogP contribution is 2.53. The topological polar surface area (TPSA) is 0 Å². The summed E-state index contributed by atoms with van der Waals surface area (Å²) in [5.41, 5.74) is 5.63. The predicted molar refractivity (Wildman–Crippen MR) is 173 cm³/mol. The largest absolute Gasteiger partial charge is 0.0683 e. The van der Waals surface area contributed by atoms with Crippen LogP contribution in [0.3, 0.4) is 0 Å². The lowest BCUT2D eigenvalue weighted by Gasteiger charge is -2.24. The van der Waals surface area contributed by atoms with Gasteiger partial charge in [0.15, 0.2) is 0 Å². The third-order valence-corrected chi connectivity index (χ3v) is 7.34. The maximum atomic E-state index is 2.44. The molecule has 6 aromatic rings. The van der Waals surface area contributed by atoms with Gasteiger partial charge in [0.1, 0.15) is 0 Å². The van der Waals surface area contributed by atoms with Gasteiger partial charge >= 0.3 is 0 Å². The van der Waals surface area contributed by atoms with Crippen molar-refractivity contribution in [2.45, 2.75) is 67.2 Å². The van der Waals surface area contributed by atoms with Crippen molar-refractivity contribution in [1.82, 2.24) is 0 Å². The molecule has 0 heterocycles. The Labute approximate surface area is 229 Å². The predicted octanol–water partition coefficient (Wildman–Crippen LogP) is 12.1. The van der Waals surface area contributed by atoms with Crippen LogP contribution >= 0.6 is 0 Å². The van der Waals surface area contributed by atoms with Crippen LogP contribution < -0.4 is 0 Å². The number of rotatable bonds is 0. The molecule has 0 nitrogen and oxygen atoms in total. The van der Waals surface area contributed by atoms with Crippen molar-refractivity contribution in [2.75, 3.05) is 0 Å². The Bertz CT molecular complexity index is 1720. The lowest BCUT2D eigenvalue weighted by Crippen LogP contribution is -2.15. The highest BCUT2D eigenvalue weighted by molar-refractivity contribution is 6.13. The summed E-state index contributed by atoms with van der Waals surface area (Å²) in [6, 6.07) is 36.2. The van der Waals surface area contributed by atoms with Crippen molar-refractivity contribution in [3.05, 3.63) is 108 Å². The zero-order valence-corrected chi connectivity index (χ0v) is 24.4. The molecule has 7 rings (SSSR count). The van der Waals surface area contributed by atoms with E-state index in [9.17, 15) is 0 Å². The first-order valence-electron chi connectivity index (χ1n) is 14.4. The molecular weight excluding hydrogens is 456 g/mol. The van der Waals surface area contributed by atoms with Gasteiger partial charge in [0, 0.05) is 5.41 Å². The summed E-state index contributed by atoms with van der Waals surface area (Å²) in [6.07, 6.45) is 1.25. The van der Waals surface area contributed by atoms with Gasteiger partial charge in [-0.1, -0.05) is 135 Å². The molecule has 0 amide bonds. The van der Waals surface area contributed by atoms with Gasteiger partial charge in [-0.2, -0.15) is 0 Å². The number of hydrogen-bond donors (Lipinski definition) is 0. The number of benzene rings is 6. The van der Waals surface area contributed by atoms with Gasteiger partial charge in [-0.05, 0) is 89.6 Å². The minimum atomic E-state index is -0.0475. The average Bonchev–Trinajstić information content (AvgIpc) is 3.18. The molecule has 0 saturated carbocycles. The van der Waals surface area contributed by atoms with Crippen molar-refractivity contribution >= 4 is 43.1 Å². The van der Waals surface area contributed by atoms with Crippen LogP contribution in [0.2, 0.25) is 0 Å². The molecule has 0 bridgehead atoms. The van der Waals surface area contributed by atoms with E-state index in [0.29, 0.717) is 0 Å². The maximum absolute atomic E-state index is 2.44. The fourth-order valence-electron chi connectivity index (χ4n) is 5.84. The fraction of sp³-hybridized carbons (Fsp3) is 0.263. The van der Waals surface area contributed by atoms with Gasteiger partial charge in [-0.3, -0.25) is 0 Å². The molecule has 194 valence electrons. The molecule has 1 aliphatic carbocycles. The quantitative estimate of drug-likeness (QED) is 0.144. The molecule has 6 aromatic carbocycles. The van der Waals surface area contributed by atoms with E-state index in [-0.39, 0.29) is 5.41 Å². The zero-order valence-electron chi connectivity index (χ0n) is 24.4. The van der Waals surface area contributed by atoms with E-state index in [4.69, 9.17) is 0 Å². The Balaban J connectivity index is 0.000000443. The van der Waals surface area contributed by atoms with Crippen molar-refractivity contribution in [3.8, 4) is 11.1 Å². The smallest absolute Gasteiger partial charge is 0.0165 e. The number of fused-ring (bicyclic) bond motifs is 9. The van der Waals surface area contributed by atoms with E-state index < -0.39 is 0 Å². The fourth-order valence-corrected chi connectivity index (χ4v) is 5.84. The van der Waals surface area contributed by atoms with Crippen LogP contribution in [0.5, 0.6) is 0 Å². The lowest BCUT2D eigenvalue weighted by molar-refractivity contribution is 0.667. The molecule has 0 saturated heterocycles. The zero-order chi connectivity index (χ0) is 27.4. The molecule has 0 N–H and O–H groups in total. The van der Waals surface area contributed by atoms with E-state index in [1.54, 1.807) is 0 Å². The molecule has 1 aliphatic rings. The summed E-state index contributed by atoms with van der Waals surface area (Å²) in [6.45, 7) is 17.0. The number of hydrogen-bond acceptors (Lipinski definition) is 0. The summed E-state index contributed by atoms with van der Waals surface area (Å²) in [4.78, 5) is 0. The first-order valence-corrected chi connectivity index (χ1v) is 14.4. The molecule has 0 aromatic heterocycles. The standard InChI is InChI=1S/C31H22.C3H8.2C2H6/c1-31(2)28-18-24-16-22-9-4-3-8-21(22)15-23(24)17-27(28)26-14-13-20-12-11-19-7-5-6-10-25(19)29(20)30(26)31;1-3-2;2*1-2/h3-18H,1-2H3;3H2,1-2H3;2*1-2H3. The monoisotopic (exact) mass is 498 g/mol. The highest BCUT2D eigenvalue weighted by Gasteiger charge is 2.37. The van der Waals surface area contributed by atoms with Gasteiger partial charge in [0.2, 0.25) is 0 Å². The summed E-state index contributed by atoms with van der Waals surface area (Å²) in [7, 11) is 0. The Kier molecular flexibility index (Phi) is 8.22. The summed E-state index contributed by atoms with van der Waals surface area (Å²) < 4.78 is 0. The van der Waals surface area contributed by atoms with Crippen molar-refractivity contribution in [2.24, 2.45) is 0 Å². The van der Waals surface area contributed by atoms with Gasteiger partial charge in [0.25, 0.3) is 0 Å². The molecule has 0 radical (unpaired) electrons. The van der Waals surface area contributed by atoms with Crippen molar-refractivity contribution in [3.63, 3.8) is 0 Å². The second-order valence-corrected chi connectivity index (χ2v) is 10.1. The molecule has 0 atom stereocenters. The highest BCUT2D eigenvalue weighted by atomic mass is 14.4. The normalized spacial score (nSPS) is 12.5. The Morgan fingerprint density at radius 3 is 1.63 bits per heavy atom. The SMILES string of the molecule is CC.CC.CC1(C)c2cc3cc4ccccc4cc3cc2-c2ccc3ccc4ccccc4c3c21.CCC. The van der Waals surface area contributed by atoms with Gasteiger partial charge in [0.05, 0.1) is 0 Å². The molecule has 0 aliphatic heterocycles. The third kappa shape index (κ3) is 4.47. The molecule has 0 heteroatoms. The van der Waals surface area contributed by atoms with Crippen LogP contribution in [0, 0.1) is 0 Å². The summed E-state index contributed by atoms with van der Waals surface area (Å²) >= 11 is 0. The molecule has 38 heavy (non-hydrogen) atoms. The van der Waals surface area contributed by atoms with Crippen LogP contribution in [-0.2, 0) is 5.41 Å². The Hall–Kier alpha value is -3.64. The van der Waals surface area contributed by atoms with Crippen LogP contribution in [0.1, 0.15) is 72.9 Å². The first kappa shape index (κ1) is 27.4. The summed E-state index contributed by atoms with van der Waals surface area (Å²) in [5.74, 6) is 0. The maximum Gasteiger partial charge on any atom is 0.0165 e. The molecule has 0 unspecified atom stereocenters. The minimum absolute atomic E-state index is 0.0475. The average molecular weight is 499 g/mol. The molecular formula is C38H42. The third-order valence-electron chi connectivity index (χ3n) is 7.34. The van der Waals surface area contributed by atoms with Crippen LogP contribution in [0.25, 0.3) is 54.2 Å². The van der Waals surface area contributed by atoms with Gasteiger partial charge in [-0.25, -0.2) is 0 Å². The van der Waals surface area contributed by atoms with E-state index in [0.717, 1.165) is 0 Å². The van der Waals surface area contributed by atoms with E-state index in [1.807, 2.05) is 27.7 Å².